The van der Waals surface area contributed by atoms with Crippen molar-refractivity contribution in [2.45, 2.75) is 57.9 Å². The van der Waals surface area contributed by atoms with E-state index in [1.807, 2.05) is 13.8 Å². The van der Waals surface area contributed by atoms with E-state index < -0.39 is 5.54 Å². The average molecular weight is 267 g/mol. The molecule has 1 aliphatic carbocycles. The normalized spacial score (nSPS) is 15.3. The number of thiazole rings is 1. The van der Waals surface area contributed by atoms with Gasteiger partial charge >= 0.3 is 0 Å². The van der Waals surface area contributed by atoms with Gasteiger partial charge in [-0.3, -0.25) is 4.79 Å². The van der Waals surface area contributed by atoms with Crippen LogP contribution in [0, 0.1) is 0 Å². The summed E-state index contributed by atoms with van der Waals surface area (Å²) < 4.78 is 0. The summed E-state index contributed by atoms with van der Waals surface area (Å²) in [5, 5.41) is 3.60. The Balaban J connectivity index is 2.09. The lowest BCUT2D eigenvalue weighted by Gasteiger charge is -2.24. The molecule has 0 radical (unpaired) electrons. The van der Waals surface area contributed by atoms with E-state index in [9.17, 15) is 4.79 Å². The van der Waals surface area contributed by atoms with Crippen molar-refractivity contribution < 1.29 is 4.79 Å². The Hall–Kier alpha value is -0.940. The molecular weight excluding hydrogens is 246 g/mol. The Bertz CT molecular complexity index is 414. The molecule has 0 saturated carbocycles. The number of nitrogens with zero attached hydrogens (tertiary/aromatic N) is 1. The second-order valence-electron chi connectivity index (χ2n) is 4.91. The van der Waals surface area contributed by atoms with Crippen LogP contribution in [0.25, 0.3) is 0 Å². The highest BCUT2D eigenvalue weighted by Crippen LogP contribution is 2.30. The molecule has 4 nitrogen and oxygen atoms in total. The molecule has 1 aromatic heterocycles. The zero-order valence-electron chi connectivity index (χ0n) is 11.1. The molecule has 0 spiro atoms. The van der Waals surface area contributed by atoms with Crippen molar-refractivity contribution in [2.75, 3.05) is 5.32 Å². The van der Waals surface area contributed by atoms with Crippen LogP contribution in [0.2, 0.25) is 0 Å². The number of hydrogen-bond donors (Lipinski definition) is 2. The fraction of sp³-hybridized carbons (Fsp3) is 0.692. The van der Waals surface area contributed by atoms with E-state index in [2.05, 4.69) is 10.3 Å². The Morgan fingerprint density at radius 2 is 2.06 bits per heavy atom. The third-order valence-electron chi connectivity index (χ3n) is 3.78. The van der Waals surface area contributed by atoms with Gasteiger partial charge in [-0.25, -0.2) is 4.98 Å². The van der Waals surface area contributed by atoms with E-state index in [0.717, 1.165) is 18.5 Å². The number of rotatable bonds is 4. The van der Waals surface area contributed by atoms with Crippen LogP contribution in [0.5, 0.6) is 0 Å². The Kier molecular flexibility index (Phi) is 4.02. The van der Waals surface area contributed by atoms with Crippen LogP contribution in [-0.4, -0.2) is 16.4 Å². The molecule has 0 saturated heterocycles. The summed E-state index contributed by atoms with van der Waals surface area (Å²) in [5.74, 6) is -0.112. The predicted molar refractivity (Wildman–Crippen MR) is 74.9 cm³/mol. The number of nitrogens with one attached hydrogen (secondary N) is 1. The Labute approximate surface area is 112 Å². The van der Waals surface area contributed by atoms with Crippen molar-refractivity contribution in [3.8, 4) is 0 Å². The van der Waals surface area contributed by atoms with Gasteiger partial charge in [0.15, 0.2) is 5.13 Å². The summed E-state index contributed by atoms with van der Waals surface area (Å²) in [6.07, 6.45) is 5.85. The van der Waals surface area contributed by atoms with Crippen molar-refractivity contribution in [1.82, 2.24) is 4.98 Å². The van der Waals surface area contributed by atoms with Gasteiger partial charge in [-0.2, -0.15) is 0 Å². The molecule has 18 heavy (non-hydrogen) atoms. The van der Waals surface area contributed by atoms with Crippen LogP contribution in [0.15, 0.2) is 0 Å². The van der Waals surface area contributed by atoms with Gasteiger partial charge in [0.2, 0.25) is 5.91 Å². The smallest absolute Gasteiger partial charge is 0.246 e. The maximum absolute atomic E-state index is 12.1. The molecule has 1 amide bonds. The monoisotopic (exact) mass is 267 g/mol. The fourth-order valence-corrected chi connectivity index (χ4v) is 3.24. The third kappa shape index (κ3) is 2.57. The van der Waals surface area contributed by atoms with Crippen LogP contribution in [0.1, 0.15) is 50.1 Å². The second-order valence-corrected chi connectivity index (χ2v) is 6.00. The lowest BCUT2D eigenvalue weighted by Crippen LogP contribution is -2.50. The zero-order chi connectivity index (χ0) is 13.2. The van der Waals surface area contributed by atoms with Crippen LogP contribution in [0.3, 0.4) is 0 Å². The Morgan fingerprint density at radius 3 is 2.67 bits per heavy atom. The number of nitrogens with two attached hydrogens (primary N) is 1. The van der Waals surface area contributed by atoms with Crippen molar-refractivity contribution in [1.29, 1.82) is 0 Å². The van der Waals surface area contributed by atoms with E-state index >= 15 is 0 Å². The molecule has 0 aromatic carbocycles. The summed E-state index contributed by atoms with van der Waals surface area (Å²) in [5.41, 5.74) is 6.47. The minimum absolute atomic E-state index is 0.112. The highest BCUT2D eigenvalue weighted by atomic mass is 32.1. The molecule has 0 bridgehead atoms. The molecule has 3 N–H and O–H groups in total. The minimum Gasteiger partial charge on any atom is -0.317 e. The SMILES string of the molecule is CCC(N)(CC)C(=O)Nc1nc2c(s1)CCCC2. The van der Waals surface area contributed by atoms with Gasteiger partial charge in [0, 0.05) is 4.88 Å². The molecule has 2 rings (SSSR count). The number of carbonyl (C=O) groups excluding carboxylic acids is 1. The predicted octanol–water partition coefficient (Wildman–Crippen LogP) is 2.48. The number of aryl methyl sites for hydroxylation is 2. The van der Waals surface area contributed by atoms with Crippen LogP contribution in [-0.2, 0) is 17.6 Å². The quantitative estimate of drug-likeness (QED) is 0.880. The molecule has 5 heteroatoms. The van der Waals surface area contributed by atoms with E-state index in [4.69, 9.17) is 5.73 Å². The van der Waals surface area contributed by atoms with Crippen molar-refractivity contribution >= 4 is 22.4 Å². The molecule has 100 valence electrons. The van der Waals surface area contributed by atoms with E-state index in [1.54, 1.807) is 11.3 Å². The first-order valence-electron chi connectivity index (χ1n) is 6.68. The molecular formula is C13H21N3OS. The van der Waals surface area contributed by atoms with E-state index in [1.165, 1.54) is 17.7 Å². The number of anilines is 1. The average Bonchev–Trinajstić information content (AvgIpc) is 2.79. The molecule has 1 aliphatic rings. The van der Waals surface area contributed by atoms with Crippen molar-refractivity contribution in [2.24, 2.45) is 5.73 Å². The summed E-state index contributed by atoms with van der Waals surface area (Å²) in [6.45, 7) is 3.88. The van der Waals surface area contributed by atoms with Gasteiger partial charge < -0.3 is 11.1 Å². The fourth-order valence-electron chi connectivity index (χ4n) is 2.20. The molecule has 1 heterocycles. The third-order valence-corrected chi connectivity index (χ3v) is 4.85. The summed E-state index contributed by atoms with van der Waals surface area (Å²) in [7, 11) is 0. The minimum atomic E-state index is -0.772. The molecule has 0 fully saturated rings. The molecule has 0 unspecified atom stereocenters. The largest absolute Gasteiger partial charge is 0.317 e. The van der Waals surface area contributed by atoms with Gasteiger partial charge in [0.25, 0.3) is 0 Å². The summed E-state index contributed by atoms with van der Waals surface area (Å²) >= 11 is 1.60. The standard InChI is InChI=1S/C13H21N3OS/c1-3-13(14,4-2)11(17)16-12-15-9-7-5-6-8-10(9)18-12/h3-8,14H2,1-2H3,(H,15,16,17). The number of amides is 1. The summed E-state index contributed by atoms with van der Waals surface area (Å²) in [6, 6.07) is 0. The van der Waals surface area contributed by atoms with Crippen LogP contribution < -0.4 is 11.1 Å². The highest BCUT2D eigenvalue weighted by molar-refractivity contribution is 7.15. The first-order valence-corrected chi connectivity index (χ1v) is 7.49. The van der Waals surface area contributed by atoms with E-state index in [-0.39, 0.29) is 5.91 Å². The van der Waals surface area contributed by atoms with E-state index in [0.29, 0.717) is 18.0 Å². The zero-order valence-corrected chi connectivity index (χ0v) is 11.9. The number of fused-ring (bicyclic) bond motifs is 1. The second kappa shape index (κ2) is 5.36. The Morgan fingerprint density at radius 1 is 1.39 bits per heavy atom. The highest BCUT2D eigenvalue weighted by Gasteiger charge is 2.30. The van der Waals surface area contributed by atoms with Crippen molar-refractivity contribution in [3.05, 3.63) is 10.6 Å². The molecule has 1 aromatic rings. The maximum Gasteiger partial charge on any atom is 0.246 e. The number of hydrogen-bond acceptors (Lipinski definition) is 4. The van der Waals surface area contributed by atoms with Gasteiger partial charge in [0.05, 0.1) is 11.2 Å². The van der Waals surface area contributed by atoms with Crippen LogP contribution >= 0.6 is 11.3 Å². The van der Waals surface area contributed by atoms with Gasteiger partial charge in [0.1, 0.15) is 0 Å². The van der Waals surface area contributed by atoms with Crippen LogP contribution in [0.4, 0.5) is 5.13 Å². The first-order chi connectivity index (χ1) is 8.59. The van der Waals surface area contributed by atoms with Crippen molar-refractivity contribution in [3.63, 3.8) is 0 Å². The maximum atomic E-state index is 12.1. The lowest BCUT2D eigenvalue weighted by atomic mass is 9.93. The summed E-state index contributed by atoms with van der Waals surface area (Å²) in [4.78, 5) is 18.0. The first kappa shape index (κ1) is 13.5. The number of carbonyl (C=O) groups is 1. The van der Waals surface area contributed by atoms with Gasteiger partial charge in [-0.05, 0) is 38.5 Å². The molecule has 0 aliphatic heterocycles. The van der Waals surface area contributed by atoms with Gasteiger partial charge in [-0.15, -0.1) is 11.3 Å². The lowest BCUT2D eigenvalue weighted by molar-refractivity contribution is -0.121. The topological polar surface area (TPSA) is 68.0 Å². The van der Waals surface area contributed by atoms with Gasteiger partial charge in [-0.1, -0.05) is 13.8 Å². The number of aromatic nitrogens is 1. The molecule has 0 atom stereocenters.